The van der Waals surface area contributed by atoms with Crippen LogP contribution in [0.15, 0.2) is 23.0 Å². The Bertz CT molecular complexity index is 591. The van der Waals surface area contributed by atoms with Gasteiger partial charge < -0.3 is 0 Å². The van der Waals surface area contributed by atoms with Crippen LogP contribution in [0.25, 0.3) is 0 Å². The van der Waals surface area contributed by atoms with E-state index in [1.54, 1.807) is 0 Å². The van der Waals surface area contributed by atoms with E-state index in [1.807, 2.05) is 20.8 Å². The Morgan fingerprint density at radius 3 is 2.36 bits per heavy atom. The second-order valence-electron chi connectivity index (χ2n) is 8.69. The van der Waals surface area contributed by atoms with Crippen molar-refractivity contribution in [2.24, 2.45) is 10.8 Å². The number of Topliss-reactive ketones (excluding diaryl/α,β-unsaturated/α-hetero) is 1. The molecule has 0 N–H and O–H groups in total. The Hall–Kier alpha value is -1.36. The van der Waals surface area contributed by atoms with Crippen LogP contribution < -0.4 is 0 Å². The summed E-state index contributed by atoms with van der Waals surface area (Å²) in [5.41, 5.74) is 2.13. The Labute approximate surface area is 154 Å². The van der Waals surface area contributed by atoms with Crippen LogP contribution in [0.5, 0.6) is 0 Å². The topological polar surface area (TPSA) is 17.1 Å². The van der Waals surface area contributed by atoms with Gasteiger partial charge in [-0.1, -0.05) is 32.4 Å². The zero-order valence-corrected chi connectivity index (χ0v) is 17.0. The Balaban J connectivity index is 2.41. The van der Waals surface area contributed by atoms with Gasteiger partial charge in [-0.15, -0.1) is 11.8 Å². The number of carbonyl (C=O) groups is 1. The molecule has 0 aliphatic heterocycles. The third-order valence-corrected chi connectivity index (χ3v) is 5.35. The van der Waals surface area contributed by atoms with E-state index in [4.69, 9.17) is 0 Å². The lowest BCUT2D eigenvalue weighted by atomic mass is 9.85. The normalized spacial score (nSPS) is 17.5. The summed E-state index contributed by atoms with van der Waals surface area (Å²) in [5, 5.41) is 0. The molecule has 0 radical (unpaired) electrons. The second kappa shape index (κ2) is 9.37. The third-order valence-electron chi connectivity index (χ3n) is 5.35. The molecule has 0 heterocycles. The van der Waals surface area contributed by atoms with Gasteiger partial charge in [-0.05, 0) is 63.9 Å². The molecule has 0 amide bonds. The van der Waals surface area contributed by atoms with Crippen molar-refractivity contribution in [1.82, 2.24) is 0 Å². The first-order chi connectivity index (χ1) is 11.6. The minimum Gasteiger partial charge on any atom is -0.299 e. The lowest BCUT2D eigenvalue weighted by Crippen LogP contribution is -2.11. The summed E-state index contributed by atoms with van der Waals surface area (Å²) in [7, 11) is 0. The fourth-order valence-corrected chi connectivity index (χ4v) is 2.68. The summed E-state index contributed by atoms with van der Waals surface area (Å²) in [5.74, 6) is 6.24. The number of ketones is 1. The quantitative estimate of drug-likeness (QED) is 0.309. The molecule has 0 aromatic heterocycles. The molecule has 1 saturated carbocycles. The molecule has 2 heteroatoms. The van der Waals surface area contributed by atoms with Gasteiger partial charge in [0.05, 0.1) is 5.83 Å². The number of rotatable bonds is 10. The van der Waals surface area contributed by atoms with Crippen molar-refractivity contribution in [2.75, 3.05) is 0 Å². The van der Waals surface area contributed by atoms with Crippen molar-refractivity contribution in [2.45, 2.75) is 92.9 Å². The van der Waals surface area contributed by atoms with Crippen LogP contribution >= 0.6 is 0 Å². The van der Waals surface area contributed by atoms with Crippen molar-refractivity contribution in [1.29, 1.82) is 0 Å². The molecule has 0 saturated heterocycles. The molecule has 0 aromatic carbocycles. The molecule has 0 bridgehead atoms. The minimum atomic E-state index is -0.136. The van der Waals surface area contributed by atoms with Crippen LogP contribution in [-0.4, -0.2) is 5.78 Å². The van der Waals surface area contributed by atoms with E-state index < -0.39 is 0 Å². The first-order valence-electron chi connectivity index (χ1n) is 9.52. The monoisotopic (exact) mass is 346 g/mol. The number of halogens is 1. The van der Waals surface area contributed by atoms with E-state index in [0.717, 1.165) is 44.1 Å². The number of carbonyl (C=O) groups excluding carboxylic acids is 1. The zero-order chi connectivity index (χ0) is 19.1. The van der Waals surface area contributed by atoms with E-state index in [0.29, 0.717) is 6.42 Å². The number of allylic oxidation sites excluding steroid dienone is 4. The summed E-state index contributed by atoms with van der Waals surface area (Å²) < 4.78 is 14.2. The Morgan fingerprint density at radius 2 is 1.80 bits per heavy atom. The second-order valence-corrected chi connectivity index (χ2v) is 8.69. The van der Waals surface area contributed by atoms with Crippen LogP contribution in [0.3, 0.4) is 0 Å². The molecule has 1 rings (SSSR count). The minimum absolute atomic E-state index is 0.0936. The van der Waals surface area contributed by atoms with Crippen molar-refractivity contribution in [3.8, 4) is 11.8 Å². The van der Waals surface area contributed by atoms with Crippen LogP contribution in [-0.2, 0) is 4.79 Å². The van der Waals surface area contributed by atoms with Gasteiger partial charge in [0.2, 0.25) is 0 Å². The van der Waals surface area contributed by atoms with Gasteiger partial charge in [-0.2, -0.15) is 0 Å². The average molecular weight is 347 g/mol. The van der Waals surface area contributed by atoms with Crippen LogP contribution in [0.4, 0.5) is 4.39 Å². The maximum Gasteiger partial charge on any atom is 0.139 e. The maximum absolute atomic E-state index is 14.2. The van der Waals surface area contributed by atoms with Crippen LogP contribution in [0, 0.1) is 22.7 Å². The van der Waals surface area contributed by atoms with Gasteiger partial charge in [0.1, 0.15) is 5.78 Å². The molecular weight excluding hydrogens is 311 g/mol. The predicted octanol–water partition coefficient (Wildman–Crippen LogP) is 6.94. The molecule has 1 fully saturated rings. The lowest BCUT2D eigenvalue weighted by Gasteiger charge is -2.20. The van der Waals surface area contributed by atoms with Gasteiger partial charge in [0, 0.05) is 24.7 Å². The first kappa shape index (κ1) is 21.7. The molecule has 1 nitrogen and oxygen atoms in total. The molecule has 0 spiro atoms. The van der Waals surface area contributed by atoms with Crippen molar-refractivity contribution in [3.63, 3.8) is 0 Å². The van der Waals surface area contributed by atoms with Crippen LogP contribution in [0.2, 0.25) is 0 Å². The third kappa shape index (κ3) is 8.04. The van der Waals surface area contributed by atoms with Crippen LogP contribution in [0.1, 0.15) is 92.9 Å². The molecule has 25 heavy (non-hydrogen) atoms. The predicted molar refractivity (Wildman–Crippen MR) is 105 cm³/mol. The summed E-state index contributed by atoms with van der Waals surface area (Å²) in [4.78, 5) is 12.0. The highest BCUT2D eigenvalue weighted by molar-refractivity contribution is 5.87. The molecule has 0 aromatic rings. The van der Waals surface area contributed by atoms with Gasteiger partial charge in [0.25, 0.3) is 0 Å². The number of hydrogen-bond acceptors (Lipinski definition) is 1. The maximum atomic E-state index is 14.2. The smallest absolute Gasteiger partial charge is 0.139 e. The molecule has 0 atom stereocenters. The summed E-state index contributed by atoms with van der Waals surface area (Å²) >= 11 is 0. The number of hydrogen-bond donors (Lipinski definition) is 0. The highest BCUT2D eigenvalue weighted by Gasteiger charge is 2.43. The van der Waals surface area contributed by atoms with E-state index in [2.05, 4.69) is 38.7 Å². The van der Waals surface area contributed by atoms with Gasteiger partial charge in [-0.25, -0.2) is 4.39 Å². The largest absolute Gasteiger partial charge is 0.299 e. The lowest BCUT2D eigenvalue weighted by molar-refractivity contribution is -0.123. The van der Waals surface area contributed by atoms with E-state index in [9.17, 15) is 9.18 Å². The standard InChI is InChI=1S/C23H35FO/c1-7-8-14-22(4,5)15-13-18(2)9-10-19(3)20(24)11-12-21(25)23(6)16-17-23/h13H,9-12,14-17H2,1-6H3/b18-13+,20-19-. The fraction of sp³-hybridized carbons (Fsp3) is 0.696. The van der Waals surface area contributed by atoms with Crippen molar-refractivity contribution < 1.29 is 9.18 Å². The Kier molecular flexibility index (Phi) is 8.13. The van der Waals surface area contributed by atoms with Gasteiger partial charge in [-0.3, -0.25) is 4.79 Å². The molecular formula is C23H35FO. The van der Waals surface area contributed by atoms with E-state index >= 15 is 0 Å². The molecule has 0 unspecified atom stereocenters. The van der Waals surface area contributed by atoms with E-state index in [1.165, 1.54) is 5.57 Å². The highest BCUT2D eigenvalue weighted by atomic mass is 19.1. The first-order valence-corrected chi connectivity index (χ1v) is 9.52. The van der Waals surface area contributed by atoms with Gasteiger partial charge >= 0.3 is 0 Å². The zero-order valence-electron chi connectivity index (χ0n) is 17.0. The summed E-state index contributed by atoms with van der Waals surface area (Å²) in [6, 6.07) is 0. The van der Waals surface area contributed by atoms with Crippen molar-refractivity contribution in [3.05, 3.63) is 23.0 Å². The molecule has 1 aliphatic carbocycles. The highest BCUT2D eigenvalue weighted by Crippen LogP contribution is 2.47. The van der Waals surface area contributed by atoms with E-state index in [-0.39, 0.29) is 28.9 Å². The van der Waals surface area contributed by atoms with Gasteiger partial charge in [0.15, 0.2) is 0 Å². The fourth-order valence-electron chi connectivity index (χ4n) is 2.68. The SMILES string of the molecule is CC#CCC(C)(C)C/C=C(\C)CC/C(C)=C(\F)CCC(=O)C1(C)CC1. The molecule has 1 aliphatic rings. The molecule has 140 valence electrons. The average Bonchev–Trinajstić information content (AvgIpc) is 3.32. The van der Waals surface area contributed by atoms with Crippen molar-refractivity contribution >= 4 is 5.78 Å². The summed E-state index contributed by atoms with van der Waals surface area (Å²) in [6.45, 7) is 12.3. The summed E-state index contributed by atoms with van der Waals surface area (Å²) in [6.07, 6.45) is 8.32. The Morgan fingerprint density at radius 1 is 1.16 bits per heavy atom.